The van der Waals surface area contributed by atoms with Crippen LogP contribution in [-0.2, 0) is 15.1 Å². The van der Waals surface area contributed by atoms with Crippen molar-refractivity contribution in [2.24, 2.45) is 11.7 Å². The number of carbonyl (C=O) groups is 2. The van der Waals surface area contributed by atoms with Crippen molar-refractivity contribution in [3.05, 3.63) is 82.9 Å². The third-order valence-electron chi connectivity index (χ3n) is 7.16. The maximum Gasteiger partial charge on any atom is 0.340 e. The van der Waals surface area contributed by atoms with E-state index in [-0.39, 0.29) is 11.9 Å². The molecule has 3 aromatic carbocycles. The molecule has 2 aliphatic heterocycles. The van der Waals surface area contributed by atoms with Crippen molar-refractivity contribution >= 4 is 23.3 Å². The predicted molar refractivity (Wildman–Crippen MR) is 144 cm³/mol. The van der Waals surface area contributed by atoms with Gasteiger partial charge in [-0.3, -0.25) is 4.79 Å². The van der Waals surface area contributed by atoms with Gasteiger partial charge in [-0.25, -0.2) is 4.79 Å². The highest BCUT2D eigenvalue weighted by atomic mass is 16.6. The van der Waals surface area contributed by atoms with Crippen LogP contribution >= 0.6 is 0 Å². The normalized spacial score (nSPS) is 17.9. The maximum atomic E-state index is 13.1. The highest BCUT2D eigenvalue weighted by Gasteiger charge is 2.53. The average molecular weight is 500 g/mol. The third kappa shape index (κ3) is 4.13. The number of amides is 1. The van der Waals surface area contributed by atoms with Gasteiger partial charge in [0.1, 0.15) is 11.5 Å². The summed E-state index contributed by atoms with van der Waals surface area (Å²) in [5, 5.41) is 2.92. The van der Waals surface area contributed by atoms with E-state index in [4.69, 9.17) is 15.2 Å². The first-order valence-corrected chi connectivity index (χ1v) is 12.9. The minimum atomic E-state index is -1.14. The zero-order valence-corrected chi connectivity index (χ0v) is 21.7. The van der Waals surface area contributed by atoms with Gasteiger partial charge < -0.3 is 25.4 Å². The SMILES string of the molecule is CCN(CC)c1ccc2c(c1)Oc1cc(NC(=O)[C@@H](N)CC(C)C)ccc1C21OC(=O)c2ccccc21. The molecule has 0 radical (unpaired) electrons. The molecule has 5 rings (SSSR count). The average Bonchev–Trinajstić information content (AvgIpc) is 3.17. The van der Waals surface area contributed by atoms with E-state index in [2.05, 4.69) is 24.1 Å². The molecule has 0 fully saturated rings. The molecule has 192 valence electrons. The molecule has 0 bridgehead atoms. The van der Waals surface area contributed by atoms with Gasteiger partial charge in [-0.1, -0.05) is 32.0 Å². The molecule has 1 unspecified atom stereocenters. The van der Waals surface area contributed by atoms with Crippen molar-refractivity contribution in [3.63, 3.8) is 0 Å². The standard InChI is InChI=1S/C30H33N3O4/c1-5-33(6-2)20-12-14-24-27(17-20)36-26-16-19(32-28(34)25(31)15-18(3)4)11-13-23(26)30(24)22-10-8-7-9-21(22)29(35)37-30/h7-14,16-18,25H,5-6,15,31H2,1-4H3,(H,32,34)/t25-,30?/m0/s1. The number of anilines is 2. The summed E-state index contributed by atoms with van der Waals surface area (Å²) in [7, 11) is 0. The van der Waals surface area contributed by atoms with Crippen LogP contribution in [0.3, 0.4) is 0 Å². The summed E-state index contributed by atoms with van der Waals surface area (Å²) in [6, 6.07) is 18.3. The van der Waals surface area contributed by atoms with Gasteiger partial charge in [0.15, 0.2) is 5.60 Å². The summed E-state index contributed by atoms with van der Waals surface area (Å²) >= 11 is 0. The van der Waals surface area contributed by atoms with E-state index >= 15 is 0 Å². The number of rotatable bonds is 7. The molecule has 0 saturated heterocycles. The minimum absolute atomic E-state index is 0.249. The fourth-order valence-corrected chi connectivity index (χ4v) is 5.38. The van der Waals surface area contributed by atoms with E-state index in [0.29, 0.717) is 40.7 Å². The van der Waals surface area contributed by atoms with Crippen molar-refractivity contribution < 1.29 is 19.1 Å². The zero-order valence-electron chi connectivity index (χ0n) is 21.7. The van der Waals surface area contributed by atoms with Crippen LogP contribution in [0.25, 0.3) is 0 Å². The molecule has 3 N–H and O–H groups in total. The number of nitrogens with zero attached hydrogens (tertiary/aromatic N) is 1. The van der Waals surface area contributed by atoms with Crippen molar-refractivity contribution in [1.29, 1.82) is 0 Å². The van der Waals surface area contributed by atoms with E-state index in [1.807, 2.05) is 56.3 Å². The lowest BCUT2D eigenvalue weighted by molar-refractivity contribution is -0.117. The molecule has 7 nitrogen and oxygen atoms in total. The summed E-state index contributed by atoms with van der Waals surface area (Å²) < 4.78 is 12.7. The smallest absolute Gasteiger partial charge is 0.340 e. The number of ether oxygens (including phenoxy) is 2. The third-order valence-corrected chi connectivity index (χ3v) is 7.16. The monoisotopic (exact) mass is 499 g/mol. The molecule has 2 heterocycles. The van der Waals surface area contributed by atoms with Crippen molar-refractivity contribution in [2.75, 3.05) is 23.3 Å². The number of benzene rings is 3. The topological polar surface area (TPSA) is 93.9 Å². The molecule has 37 heavy (non-hydrogen) atoms. The van der Waals surface area contributed by atoms with Gasteiger partial charge in [-0.2, -0.15) is 0 Å². The van der Waals surface area contributed by atoms with Crippen molar-refractivity contribution in [1.82, 2.24) is 0 Å². The predicted octanol–water partition coefficient (Wildman–Crippen LogP) is 5.41. The summed E-state index contributed by atoms with van der Waals surface area (Å²) in [6.07, 6.45) is 0.588. The van der Waals surface area contributed by atoms with Gasteiger partial charge in [0.2, 0.25) is 5.91 Å². The van der Waals surface area contributed by atoms with E-state index in [0.717, 1.165) is 29.9 Å². The van der Waals surface area contributed by atoms with E-state index in [1.54, 1.807) is 18.2 Å². The van der Waals surface area contributed by atoms with Crippen LogP contribution in [0, 0.1) is 5.92 Å². The second-order valence-corrected chi connectivity index (χ2v) is 10.0. The molecule has 0 aliphatic carbocycles. The second-order valence-electron chi connectivity index (χ2n) is 10.0. The summed E-state index contributed by atoms with van der Waals surface area (Å²) in [5.41, 5.74) is 9.32. The minimum Gasteiger partial charge on any atom is -0.456 e. The Morgan fingerprint density at radius 3 is 2.35 bits per heavy atom. The number of carbonyl (C=O) groups excluding carboxylic acids is 2. The lowest BCUT2D eigenvalue weighted by Crippen LogP contribution is -2.37. The Labute approximate surface area is 217 Å². The molecule has 2 aliphatic rings. The molecule has 3 aromatic rings. The first-order valence-electron chi connectivity index (χ1n) is 12.9. The number of fused-ring (bicyclic) bond motifs is 6. The maximum absolute atomic E-state index is 13.1. The van der Waals surface area contributed by atoms with Crippen LogP contribution in [0.5, 0.6) is 11.5 Å². The summed E-state index contributed by atoms with van der Waals surface area (Å²) in [5.74, 6) is 0.812. The van der Waals surface area contributed by atoms with Gasteiger partial charge in [0, 0.05) is 53.3 Å². The highest BCUT2D eigenvalue weighted by Crippen LogP contribution is 2.56. The summed E-state index contributed by atoms with van der Waals surface area (Å²) in [6.45, 7) is 9.97. The van der Waals surface area contributed by atoms with Crippen LogP contribution in [-0.4, -0.2) is 31.0 Å². The molecule has 7 heteroatoms. The second kappa shape index (κ2) is 9.56. The largest absolute Gasteiger partial charge is 0.456 e. The Balaban J connectivity index is 1.63. The molecular formula is C30H33N3O4. The number of hydrogen-bond acceptors (Lipinski definition) is 6. The highest BCUT2D eigenvalue weighted by molar-refractivity contribution is 5.98. The van der Waals surface area contributed by atoms with Gasteiger partial charge in [0.25, 0.3) is 0 Å². The van der Waals surface area contributed by atoms with Gasteiger partial charge in [0.05, 0.1) is 11.6 Å². The van der Waals surface area contributed by atoms with Crippen molar-refractivity contribution in [2.45, 2.75) is 45.8 Å². The molecule has 2 atom stereocenters. The molecule has 0 saturated carbocycles. The number of nitrogens with two attached hydrogens (primary N) is 1. The fraction of sp³-hybridized carbons (Fsp3) is 0.333. The lowest BCUT2D eigenvalue weighted by atomic mass is 9.77. The first-order chi connectivity index (χ1) is 17.8. The Kier molecular flexibility index (Phi) is 6.42. The first kappa shape index (κ1) is 24.8. The Bertz CT molecular complexity index is 1360. The van der Waals surface area contributed by atoms with Gasteiger partial charge >= 0.3 is 5.97 Å². The van der Waals surface area contributed by atoms with Crippen molar-refractivity contribution in [3.8, 4) is 11.5 Å². The number of nitrogens with one attached hydrogen (secondary N) is 1. The Hall–Kier alpha value is -3.84. The van der Waals surface area contributed by atoms with Crippen LogP contribution in [0.15, 0.2) is 60.7 Å². The van der Waals surface area contributed by atoms with Crippen LogP contribution in [0.1, 0.15) is 61.2 Å². The Morgan fingerprint density at radius 2 is 1.65 bits per heavy atom. The van der Waals surface area contributed by atoms with Gasteiger partial charge in [-0.05, 0) is 56.5 Å². The lowest BCUT2D eigenvalue weighted by Gasteiger charge is -2.37. The van der Waals surface area contributed by atoms with E-state index in [9.17, 15) is 9.59 Å². The van der Waals surface area contributed by atoms with Crippen LogP contribution < -0.4 is 20.7 Å². The number of esters is 1. The molecule has 1 spiro atoms. The van der Waals surface area contributed by atoms with Crippen LogP contribution in [0.2, 0.25) is 0 Å². The quantitative estimate of drug-likeness (QED) is 0.422. The van der Waals surface area contributed by atoms with Gasteiger partial charge in [-0.15, -0.1) is 0 Å². The fourth-order valence-electron chi connectivity index (χ4n) is 5.38. The summed E-state index contributed by atoms with van der Waals surface area (Å²) in [4.78, 5) is 28.0. The number of hydrogen-bond donors (Lipinski definition) is 2. The van der Waals surface area contributed by atoms with E-state index in [1.165, 1.54) is 0 Å². The zero-order chi connectivity index (χ0) is 26.3. The molecule has 0 aromatic heterocycles. The van der Waals surface area contributed by atoms with Crippen LogP contribution in [0.4, 0.5) is 11.4 Å². The molecule has 1 amide bonds. The molecular weight excluding hydrogens is 466 g/mol. The van der Waals surface area contributed by atoms with E-state index < -0.39 is 11.6 Å². The Morgan fingerprint density at radius 1 is 0.973 bits per heavy atom.